The van der Waals surface area contributed by atoms with Gasteiger partial charge in [0, 0.05) is 40.9 Å². The van der Waals surface area contributed by atoms with Crippen LogP contribution in [0.5, 0.6) is 0 Å². The van der Waals surface area contributed by atoms with Gasteiger partial charge < -0.3 is 10.6 Å². The summed E-state index contributed by atoms with van der Waals surface area (Å²) < 4.78 is 1.08. The molecule has 0 aliphatic carbocycles. The lowest BCUT2D eigenvalue weighted by Crippen LogP contribution is -2.52. The van der Waals surface area contributed by atoms with Crippen LogP contribution in [0.4, 0.5) is 0 Å². The number of carbonyl (C=O) groups is 1. The molecule has 1 aromatic heterocycles. The van der Waals surface area contributed by atoms with Crippen molar-refractivity contribution in [3.8, 4) is 0 Å². The average Bonchev–Trinajstić information content (AvgIpc) is 2.70. The molecule has 1 amide bonds. The molecule has 1 aromatic rings. The second kappa shape index (κ2) is 5.69. The highest BCUT2D eigenvalue weighted by molar-refractivity contribution is 9.10. The fraction of sp³-hybridized carbons (Fsp3) is 0.583. The van der Waals surface area contributed by atoms with Gasteiger partial charge >= 0.3 is 0 Å². The second-order valence-electron chi connectivity index (χ2n) is 4.76. The molecular formula is C12H18BrN3OS. The summed E-state index contributed by atoms with van der Waals surface area (Å²) in [7, 11) is 1.85. The zero-order valence-corrected chi connectivity index (χ0v) is 13.0. The van der Waals surface area contributed by atoms with Crippen LogP contribution in [0.3, 0.4) is 0 Å². The maximum Gasteiger partial charge on any atom is 0.236 e. The van der Waals surface area contributed by atoms with Gasteiger partial charge in [-0.1, -0.05) is 0 Å². The van der Waals surface area contributed by atoms with E-state index in [2.05, 4.69) is 32.3 Å². The first-order valence-electron chi connectivity index (χ1n) is 5.96. The van der Waals surface area contributed by atoms with Crippen LogP contribution in [0.1, 0.15) is 17.8 Å². The number of nitrogens with zero attached hydrogens (tertiary/aromatic N) is 2. The molecule has 2 unspecified atom stereocenters. The molecular weight excluding hydrogens is 314 g/mol. The van der Waals surface area contributed by atoms with Gasteiger partial charge in [0.1, 0.15) is 0 Å². The smallest absolute Gasteiger partial charge is 0.236 e. The Hall–Kier alpha value is -0.430. The Balaban J connectivity index is 2.18. The quantitative estimate of drug-likeness (QED) is 0.916. The molecule has 18 heavy (non-hydrogen) atoms. The van der Waals surface area contributed by atoms with Crippen molar-refractivity contribution < 1.29 is 4.79 Å². The van der Waals surface area contributed by atoms with Crippen LogP contribution >= 0.6 is 27.3 Å². The molecule has 1 aliphatic heterocycles. The van der Waals surface area contributed by atoms with E-state index in [4.69, 9.17) is 5.73 Å². The van der Waals surface area contributed by atoms with Crippen molar-refractivity contribution in [1.29, 1.82) is 0 Å². The van der Waals surface area contributed by atoms with E-state index in [1.165, 1.54) is 4.88 Å². The number of nitrogens with two attached hydrogens (primary N) is 1. The first kappa shape index (κ1) is 14.0. The minimum atomic E-state index is 0.00626. The molecule has 6 heteroatoms. The molecule has 2 heterocycles. The van der Waals surface area contributed by atoms with E-state index in [-0.39, 0.29) is 18.0 Å². The van der Waals surface area contributed by atoms with E-state index in [9.17, 15) is 4.79 Å². The largest absolute Gasteiger partial charge is 0.343 e. The topological polar surface area (TPSA) is 49.6 Å². The van der Waals surface area contributed by atoms with Crippen molar-refractivity contribution in [2.24, 2.45) is 5.73 Å². The Labute approximate surface area is 120 Å². The first-order chi connectivity index (χ1) is 8.49. The number of piperazine rings is 1. The normalized spacial score (nSPS) is 21.1. The summed E-state index contributed by atoms with van der Waals surface area (Å²) in [5, 5.41) is 2.06. The van der Waals surface area contributed by atoms with Crippen LogP contribution in [0, 0.1) is 0 Å². The van der Waals surface area contributed by atoms with Crippen LogP contribution in [-0.4, -0.2) is 48.4 Å². The molecule has 1 fully saturated rings. The number of hydrogen-bond acceptors (Lipinski definition) is 4. The first-order valence-corrected chi connectivity index (χ1v) is 7.64. The standard InChI is InChI=1S/C12H18BrN3OS/c1-8(14)12(10-5-9(13)7-18-10)16-4-3-15(2)11(17)6-16/h5,7-8,12H,3-4,6,14H2,1-2H3. The number of likely N-dealkylation sites (N-methyl/N-ethyl adjacent to an activating group) is 1. The highest BCUT2D eigenvalue weighted by Gasteiger charge is 2.30. The molecule has 100 valence electrons. The van der Waals surface area contributed by atoms with E-state index >= 15 is 0 Å². The molecule has 1 aliphatic rings. The van der Waals surface area contributed by atoms with Crippen molar-refractivity contribution in [2.75, 3.05) is 26.7 Å². The molecule has 4 nitrogen and oxygen atoms in total. The Kier molecular flexibility index (Phi) is 4.42. The zero-order chi connectivity index (χ0) is 13.3. The van der Waals surface area contributed by atoms with Crippen LogP contribution in [0.25, 0.3) is 0 Å². The Morgan fingerprint density at radius 1 is 1.50 bits per heavy atom. The van der Waals surface area contributed by atoms with Gasteiger partial charge in [-0.3, -0.25) is 9.69 Å². The SMILES string of the molecule is CC(N)C(c1cc(Br)cs1)N1CCN(C)C(=O)C1. The summed E-state index contributed by atoms with van der Waals surface area (Å²) in [6.45, 7) is 4.11. The summed E-state index contributed by atoms with van der Waals surface area (Å²) in [5.74, 6) is 0.169. The zero-order valence-electron chi connectivity index (χ0n) is 10.6. The molecule has 2 rings (SSSR count). The lowest BCUT2D eigenvalue weighted by molar-refractivity contribution is -0.135. The van der Waals surface area contributed by atoms with Crippen LogP contribution < -0.4 is 5.73 Å². The number of halogens is 1. The Morgan fingerprint density at radius 2 is 2.22 bits per heavy atom. The second-order valence-corrected chi connectivity index (χ2v) is 6.62. The highest BCUT2D eigenvalue weighted by atomic mass is 79.9. The summed E-state index contributed by atoms with van der Waals surface area (Å²) in [5.41, 5.74) is 6.11. The van der Waals surface area contributed by atoms with Crippen molar-refractivity contribution in [3.05, 3.63) is 20.8 Å². The molecule has 0 aromatic carbocycles. The predicted octanol–water partition coefficient (Wildman–Crippen LogP) is 1.67. The average molecular weight is 332 g/mol. The maximum absolute atomic E-state index is 11.8. The predicted molar refractivity (Wildman–Crippen MR) is 77.6 cm³/mol. The van der Waals surface area contributed by atoms with Gasteiger partial charge in [-0.2, -0.15) is 0 Å². The van der Waals surface area contributed by atoms with Gasteiger partial charge in [0.25, 0.3) is 0 Å². The fourth-order valence-electron chi connectivity index (χ4n) is 2.27. The van der Waals surface area contributed by atoms with Gasteiger partial charge in [0.2, 0.25) is 5.91 Å². The highest BCUT2D eigenvalue weighted by Crippen LogP contribution is 2.31. The monoisotopic (exact) mass is 331 g/mol. The number of amides is 1. The lowest BCUT2D eigenvalue weighted by Gasteiger charge is -2.38. The van der Waals surface area contributed by atoms with Crippen LogP contribution in [0.2, 0.25) is 0 Å². The summed E-state index contributed by atoms with van der Waals surface area (Å²) in [4.78, 5) is 17.0. The maximum atomic E-state index is 11.8. The van der Waals surface area contributed by atoms with Gasteiger partial charge in [-0.15, -0.1) is 11.3 Å². The molecule has 2 N–H and O–H groups in total. The molecule has 2 atom stereocenters. The van der Waals surface area contributed by atoms with Crippen molar-refractivity contribution in [1.82, 2.24) is 9.80 Å². The van der Waals surface area contributed by atoms with Crippen molar-refractivity contribution in [3.63, 3.8) is 0 Å². The minimum Gasteiger partial charge on any atom is -0.343 e. The number of carbonyl (C=O) groups excluding carboxylic acids is 1. The Bertz CT molecular complexity index is 435. The van der Waals surface area contributed by atoms with Gasteiger partial charge in [0.15, 0.2) is 0 Å². The number of hydrogen-bond donors (Lipinski definition) is 1. The van der Waals surface area contributed by atoms with Crippen LogP contribution in [-0.2, 0) is 4.79 Å². The van der Waals surface area contributed by atoms with E-state index in [1.54, 1.807) is 16.2 Å². The van der Waals surface area contributed by atoms with Gasteiger partial charge in [0.05, 0.1) is 12.6 Å². The summed E-state index contributed by atoms with van der Waals surface area (Å²) >= 11 is 5.16. The fourth-order valence-corrected chi connectivity index (χ4v) is 3.96. The number of rotatable bonds is 3. The number of thiophene rings is 1. The Morgan fingerprint density at radius 3 is 2.72 bits per heavy atom. The molecule has 0 radical (unpaired) electrons. The summed E-state index contributed by atoms with van der Waals surface area (Å²) in [6.07, 6.45) is 0. The summed E-state index contributed by atoms with van der Waals surface area (Å²) in [6, 6.07) is 2.23. The molecule has 1 saturated heterocycles. The van der Waals surface area contributed by atoms with Crippen molar-refractivity contribution >= 4 is 33.2 Å². The third-order valence-electron chi connectivity index (χ3n) is 3.26. The molecule has 0 saturated carbocycles. The van der Waals surface area contributed by atoms with Gasteiger partial charge in [-0.25, -0.2) is 0 Å². The lowest BCUT2D eigenvalue weighted by atomic mass is 10.1. The minimum absolute atomic E-state index is 0.00626. The third-order valence-corrected chi connectivity index (χ3v) is 5.02. The van der Waals surface area contributed by atoms with Gasteiger partial charge in [-0.05, 0) is 28.9 Å². The van der Waals surface area contributed by atoms with E-state index in [0.717, 1.165) is 17.6 Å². The molecule has 0 bridgehead atoms. The van der Waals surface area contributed by atoms with E-state index in [1.807, 2.05) is 14.0 Å². The van der Waals surface area contributed by atoms with Crippen LogP contribution in [0.15, 0.2) is 15.9 Å². The molecule has 0 spiro atoms. The van der Waals surface area contributed by atoms with E-state index in [0.29, 0.717) is 6.54 Å². The third kappa shape index (κ3) is 2.93. The van der Waals surface area contributed by atoms with Crippen molar-refractivity contribution in [2.45, 2.75) is 19.0 Å². The van der Waals surface area contributed by atoms with E-state index < -0.39 is 0 Å².